The molecule has 0 bridgehead atoms. The zero-order valence-electron chi connectivity index (χ0n) is 10.8. The van der Waals surface area contributed by atoms with E-state index in [1.54, 1.807) is 24.3 Å². The molecule has 1 aromatic heterocycles. The molecule has 0 aliphatic carbocycles. The minimum Gasteiger partial charge on any atom is -0.481 e. The molecule has 0 fully saturated rings. The summed E-state index contributed by atoms with van der Waals surface area (Å²) >= 11 is 0. The second kappa shape index (κ2) is 6.74. The number of alkyl halides is 3. The SMILES string of the molecule is O=C(O)C(F)(F)F.O=C(O)Cc1cc2ccccc2c(=O)[nH]1. The van der Waals surface area contributed by atoms with Crippen LogP contribution in [0.25, 0.3) is 10.8 Å². The van der Waals surface area contributed by atoms with Crippen LogP contribution in [0.15, 0.2) is 35.1 Å². The number of rotatable bonds is 2. The lowest BCUT2D eigenvalue weighted by Gasteiger charge is -2.00. The first-order chi connectivity index (χ1) is 10.1. The van der Waals surface area contributed by atoms with Gasteiger partial charge in [0.15, 0.2) is 0 Å². The fourth-order valence-electron chi connectivity index (χ4n) is 1.52. The molecule has 1 heterocycles. The van der Waals surface area contributed by atoms with Crippen molar-refractivity contribution in [1.29, 1.82) is 0 Å². The van der Waals surface area contributed by atoms with E-state index in [9.17, 15) is 22.8 Å². The van der Waals surface area contributed by atoms with Crippen LogP contribution in [0.1, 0.15) is 5.69 Å². The topological polar surface area (TPSA) is 107 Å². The van der Waals surface area contributed by atoms with Crippen LogP contribution in [0, 0.1) is 0 Å². The molecule has 3 N–H and O–H groups in total. The van der Waals surface area contributed by atoms with Gasteiger partial charge in [0.05, 0.1) is 6.42 Å². The lowest BCUT2D eigenvalue weighted by atomic mass is 10.1. The Bertz CT molecular complexity index is 751. The molecule has 1 aromatic carbocycles. The van der Waals surface area contributed by atoms with Gasteiger partial charge in [0.1, 0.15) is 0 Å². The number of carboxylic acid groups (broad SMARTS) is 2. The van der Waals surface area contributed by atoms with Crippen molar-refractivity contribution in [3.05, 3.63) is 46.4 Å². The highest BCUT2D eigenvalue weighted by Gasteiger charge is 2.38. The summed E-state index contributed by atoms with van der Waals surface area (Å²) in [5, 5.41) is 17.1. The van der Waals surface area contributed by atoms with E-state index < -0.39 is 18.1 Å². The number of halogens is 3. The van der Waals surface area contributed by atoms with E-state index >= 15 is 0 Å². The maximum Gasteiger partial charge on any atom is 0.490 e. The highest BCUT2D eigenvalue weighted by atomic mass is 19.4. The lowest BCUT2D eigenvalue weighted by molar-refractivity contribution is -0.192. The number of aromatic nitrogens is 1. The van der Waals surface area contributed by atoms with E-state index in [0.717, 1.165) is 5.39 Å². The summed E-state index contributed by atoms with van der Waals surface area (Å²) in [6.07, 6.45) is -5.25. The number of aliphatic carboxylic acids is 2. The first kappa shape index (κ1) is 17.2. The van der Waals surface area contributed by atoms with Gasteiger partial charge in [-0.3, -0.25) is 9.59 Å². The van der Waals surface area contributed by atoms with Gasteiger partial charge in [-0.2, -0.15) is 13.2 Å². The zero-order valence-corrected chi connectivity index (χ0v) is 10.8. The van der Waals surface area contributed by atoms with Crippen LogP contribution in [0.4, 0.5) is 13.2 Å². The van der Waals surface area contributed by atoms with E-state index in [1.807, 2.05) is 6.07 Å². The largest absolute Gasteiger partial charge is 0.490 e. The number of hydrogen-bond donors (Lipinski definition) is 3. The molecule has 0 spiro atoms. The molecule has 0 saturated carbocycles. The van der Waals surface area contributed by atoms with Crippen molar-refractivity contribution in [2.45, 2.75) is 12.6 Å². The van der Waals surface area contributed by atoms with Crippen molar-refractivity contribution in [3.8, 4) is 0 Å². The molecule has 0 unspecified atom stereocenters. The van der Waals surface area contributed by atoms with Gasteiger partial charge >= 0.3 is 18.1 Å². The van der Waals surface area contributed by atoms with Crippen LogP contribution in [0.3, 0.4) is 0 Å². The van der Waals surface area contributed by atoms with Gasteiger partial charge in [0.2, 0.25) is 0 Å². The van der Waals surface area contributed by atoms with Crippen molar-refractivity contribution in [2.24, 2.45) is 0 Å². The molecule has 6 nitrogen and oxygen atoms in total. The van der Waals surface area contributed by atoms with Crippen molar-refractivity contribution in [2.75, 3.05) is 0 Å². The molecule has 2 aromatic rings. The Labute approximate surface area is 120 Å². The maximum atomic E-state index is 11.5. The second-order valence-electron chi connectivity index (χ2n) is 4.08. The number of nitrogens with one attached hydrogen (secondary N) is 1. The monoisotopic (exact) mass is 317 g/mol. The number of benzene rings is 1. The van der Waals surface area contributed by atoms with E-state index in [1.165, 1.54) is 0 Å². The van der Waals surface area contributed by atoms with Crippen LogP contribution < -0.4 is 5.56 Å². The Morgan fingerprint density at radius 1 is 1.14 bits per heavy atom. The van der Waals surface area contributed by atoms with Crippen LogP contribution in [-0.2, 0) is 16.0 Å². The summed E-state index contributed by atoms with van der Waals surface area (Å²) in [7, 11) is 0. The van der Waals surface area contributed by atoms with E-state index in [4.69, 9.17) is 15.0 Å². The molecule has 0 radical (unpaired) electrons. The van der Waals surface area contributed by atoms with Gasteiger partial charge in [0.25, 0.3) is 5.56 Å². The molecule has 0 aliphatic heterocycles. The Morgan fingerprint density at radius 3 is 2.18 bits per heavy atom. The summed E-state index contributed by atoms with van der Waals surface area (Å²) in [5.41, 5.74) is 0.176. The fourth-order valence-corrected chi connectivity index (χ4v) is 1.52. The summed E-state index contributed by atoms with van der Waals surface area (Å²) in [6.45, 7) is 0. The van der Waals surface area contributed by atoms with Gasteiger partial charge in [-0.05, 0) is 17.5 Å². The number of aromatic amines is 1. The van der Waals surface area contributed by atoms with Crippen LogP contribution >= 0.6 is 0 Å². The van der Waals surface area contributed by atoms with Gasteiger partial charge in [-0.1, -0.05) is 18.2 Å². The third-order valence-electron chi connectivity index (χ3n) is 2.39. The summed E-state index contributed by atoms with van der Waals surface area (Å²) in [4.78, 5) is 33.5. The normalized spacial score (nSPS) is 10.7. The predicted molar refractivity (Wildman–Crippen MR) is 69.6 cm³/mol. The van der Waals surface area contributed by atoms with Crippen LogP contribution in [0.5, 0.6) is 0 Å². The molecule has 9 heteroatoms. The number of fused-ring (bicyclic) bond motifs is 1. The Balaban J connectivity index is 0.000000295. The van der Waals surface area contributed by atoms with E-state index in [-0.39, 0.29) is 12.0 Å². The standard InChI is InChI=1S/C11H9NO3.C2HF3O2/c13-10(14)6-8-5-7-3-1-2-4-9(7)11(15)12-8;3-2(4,5)1(6)7/h1-5H,6H2,(H,12,15)(H,13,14);(H,6,7). The minimum atomic E-state index is -5.08. The molecular formula is C13H10F3NO5. The highest BCUT2D eigenvalue weighted by molar-refractivity contribution is 5.82. The van der Waals surface area contributed by atoms with Gasteiger partial charge in [-0.25, -0.2) is 4.79 Å². The molecule has 0 aliphatic rings. The average Bonchev–Trinajstić information content (AvgIpc) is 2.37. The number of pyridine rings is 1. The Morgan fingerprint density at radius 2 is 1.68 bits per heavy atom. The molecule has 118 valence electrons. The van der Waals surface area contributed by atoms with E-state index in [2.05, 4.69) is 4.98 Å². The quantitative estimate of drug-likeness (QED) is 0.782. The first-order valence-electron chi connectivity index (χ1n) is 5.74. The van der Waals surface area contributed by atoms with Crippen molar-refractivity contribution in [3.63, 3.8) is 0 Å². The van der Waals surface area contributed by atoms with Gasteiger partial charge < -0.3 is 15.2 Å². The number of H-pyrrole nitrogens is 1. The third kappa shape index (κ3) is 4.93. The molecular weight excluding hydrogens is 307 g/mol. The molecule has 2 rings (SSSR count). The highest BCUT2D eigenvalue weighted by Crippen LogP contribution is 2.13. The first-order valence-corrected chi connectivity index (χ1v) is 5.74. The van der Waals surface area contributed by atoms with Gasteiger partial charge in [-0.15, -0.1) is 0 Å². The Hall–Kier alpha value is -2.84. The summed E-state index contributed by atoms with van der Waals surface area (Å²) in [6, 6.07) is 8.76. The van der Waals surface area contributed by atoms with Crippen LogP contribution in [0.2, 0.25) is 0 Å². The molecule has 0 atom stereocenters. The Kier molecular flexibility index (Phi) is 5.28. The fraction of sp³-hybridized carbons (Fsp3) is 0.154. The average molecular weight is 317 g/mol. The van der Waals surface area contributed by atoms with Crippen molar-refractivity contribution in [1.82, 2.24) is 4.98 Å². The smallest absolute Gasteiger partial charge is 0.481 e. The summed E-state index contributed by atoms with van der Waals surface area (Å²) in [5.74, 6) is -3.71. The molecule has 22 heavy (non-hydrogen) atoms. The zero-order chi connectivity index (χ0) is 16.9. The van der Waals surface area contributed by atoms with Crippen molar-refractivity contribution >= 4 is 22.7 Å². The van der Waals surface area contributed by atoms with E-state index in [0.29, 0.717) is 11.1 Å². The van der Waals surface area contributed by atoms with Crippen molar-refractivity contribution < 1.29 is 33.0 Å². The second-order valence-corrected chi connectivity index (χ2v) is 4.08. The molecule has 0 saturated heterocycles. The van der Waals surface area contributed by atoms with Gasteiger partial charge in [0, 0.05) is 11.1 Å². The summed E-state index contributed by atoms with van der Waals surface area (Å²) < 4.78 is 31.7. The minimum absolute atomic E-state index is 0.167. The number of carboxylic acids is 2. The predicted octanol–water partition coefficient (Wildman–Crippen LogP) is 1.79. The molecule has 0 amide bonds. The third-order valence-corrected chi connectivity index (χ3v) is 2.39. The maximum absolute atomic E-state index is 11.5. The number of carbonyl (C=O) groups is 2. The van der Waals surface area contributed by atoms with Crippen LogP contribution in [-0.4, -0.2) is 33.3 Å². The lowest BCUT2D eigenvalue weighted by Crippen LogP contribution is -2.21. The number of hydrogen-bond acceptors (Lipinski definition) is 3.